The van der Waals surface area contributed by atoms with Gasteiger partial charge in [-0.15, -0.1) is 0 Å². The number of rotatable bonds is 11. The normalized spacial score (nSPS) is 16.7. The van der Waals surface area contributed by atoms with E-state index in [1.807, 2.05) is 43.3 Å². The zero-order valence-corrected chi connectivity index (χ0v) is 19.0. The fourth-order valence-electron chi connectivity index (χ4n) is 3.79. The Morgan fingerprint density at radius 2 is 1.91 bits per heavy atom. The second kappa shape index (κ2) is 11.5. The van der Waals surface area contributed by atoms with Crippen molar-refractivity contribution in [3.63, 3.8) is 0 Å². The van der Waals surface area contributed by atoms with E-state index in [1.165, 1.54) is 5.56 Å². The van der Waals surface area contributed by atoms with Gasteiger partial charge in [-0.1, -0.05) is 36.4 Å². The molecule has 1 aliphatic heterocycles. The molecule has 2 aromatic carbocycles. The Labute approximate surface area is 189 Å². The molecule has 0 spiro atoms. The molecule has 2 unspecified atom stereocenters. The smallest absolute Gasteiger partial charge is 0.225 e. The van der Waals surface area contributed by atoms with Crippen LogP contribution >= 0.6 is 0 Å². The number of carbonyl (C=O) groups is 2. The van der Waals surface area contributed by atoms with Crippen molar-refractivity contribution < 1.29 is 23.8 Å². The highest BCUT2D eigenvalue weighted by Gasteiger charge is 2.34. The quantitative estimate of drug-likeness (QED) is 0.544. The second-order valence-electron chi connectivity index (χ2n) is 7.96. The number of carbonyl (C=O) groups excluding carboxylic acids is 2. The van der Waals surface area contributed by atoms with Gasteiger partial charge in [-0.25, -0.2) is 0 Å². The van der Waals surface area contributed by atoms with Crippen LogP contribution in [0.1, 0.15) is 30.5 Å². The van der Waals surface area contributed by atoms with Gasteiger partial charge in [-0.05, 0) is 36.6 Å². The fraction of sp³-hybridized carbons (Fsp3) is 0.440. The number of likely N-dealkylation sites (tertiary alicyclic amines) is 1. The number of benzene rings is 2. The van der Waals surface area contributed by atoms with Crippen molar-refractivity contribution in [1.29, 1.82) is 0 Å². The first-order valence-corrected chi connectivity index (χ1v) is 10.9. The molecule has 1 aliphatic rings. The van der Waals surface area contributed by atoms with Gasteiger partial charge in [-0.3, -0.25) is 9.59 Å². The van der Waals surface area contributed by atoms with E-state index in [2.05, 4.69) is 17.4 Å². The summed E-state index contributed by atoms with van der Waals surface area (Å²) in [5.74, 6) is 0.824. The predicted octanol–water partition coefficient (Wildman–Crippen LogP) is 2.99. The lowest BCUT2D eigenvalue weighted by Crippen LogP contribution is -2.35. The Balaban J connectivity index is 1.54. The number of nitrogens with zero attached hydrogens (tertiary/aromatic N) is 1. The summed E-state index contributed by atoms with van der Waals surface area (Å²) in [7, 11) is 3.20. The lowest BCUT2D eigenvalue weighted by molar-refractivity contribution is -0.129. The summed E-state index contributed by atoms with van der Waals surface area (Å²) in [4.78, 5) is 27.0. The highest BCUT2D eigenvalue weighted by molar-refractivity contribution is 5.89. The maximum Gasteiger partial charge on any atom is 0.225 e. The van der Waals surface area contributed by atoms with Gasteiger partial charge in [0.1, 0.15) is 6.61 Å². The van der Waals surface area contributed by atoms with Crippen LogP contribution in [0.3, 0.4) is 0 Å². The number of hydrogen-bond donors (Lipinski definition) is 1. The zero-order valence-electron chi connectivity index (χ0n) is 19.0. The van der Waals surface area contributed by atoms with E-state index >= 15 is 0 Å². The van der Waals surface area contributed by atoms with Crippen LogP contribution in [-0.4, -0.2) is 57.2 Å². The van der Waals surface area contributed by atoms with Gasteiger partial charge in [0.15, 0.2) is 11.5 Å². The van der Waals surface area contributed by atoms with Crippen molar-refractivity contribution in [2.75, 3.05) is 40.5 Å². The fourth-order valence-corrected chi connectivity index (χ4v) is 3.79. The molecular formula is C25H32N2O5. The first-order valence-electron chi connectivity index (χ1n) is 10.9. The maximum atomic E-state index is 12.8. The summed E-state index contributed by atoms with van der Waals surface area (Å²) in [5, 5.41) is 3.04. The summed E-state index contributed by atoms with van der Waals surface area (Å²) >= 11 is 0. The lowest BCUT2D eigenvalue weighted by Gasteiger charge is -2.20. The molecule has 7 nitrogen and oxygen atoms in total. The van der Waals surface area contributed by atoms with Crippen LogP contribution in [0.15, 0.2) is 48.5 Å². The van der Waals surface area contributed by atoms with Crippen molar-refractivity contribution in [2.24, 2.45) is 5.92 Å². The van der Waals surface area contributed by atoms with Gasteiger partial charge in [0.05, 0.1) is 25.7 Å². The van der Waals surface area contributed by atoms with Crippen molar-refractivity contribution in [3.05, 3.63) is 59.7 Å². The molecule has 1 saturated heterocycles. The van der Waals surface area contributed by atoms with E-state index < -0.39 is 0 Å². The number of amides is 2. The number of methoxy groups -OCH3 is 2. The Bertz CT molecular complexity index is 902. The first kappa shape index (κ1) is 23.6. The Morgan fingerprint density at radius 1 is 1.12 bits per heavy atom. The van der Waals surface area contributed by atoms with Gasteiger partial charge < -0.3 is 24.4 Å². The topological polar surface area (TPSA) is 77.1 Å². The average Bonchev–Trinajstić information content (AvgIpc) is 3.19. The third kappa shape index (κ3) is 6.23. The largest absolute Gasteiger partial charge is 0.493 e. The van der Waals surface area contributed by atoms with Crippen LogP contribution < -0.4 is 14.8 Å². The second-order valence-corrected chi connectivity index (χ2v) is 7.96. The molecule has 0 saturated carbocycles. The van der Waals surface area contributed by atoms with Gasteiger partial charge in [0.2, 0.25) is 11.8 Å². The Kier molecular flexibility index (Phi) is 8.50. The van der Waals surface area contributed by atoms with Crippen LogP contribution in [0.5, 0.6) is 11.5 Å². The van der Waals surface area contributed by atoms with Crippen LogP contribution in [0.2, 0.25) is 0 Å². The van der Waals surface area contributed by atoms with Crippen LogP contribution in [0.4, 0.5) is 0 Å². The maximum absolute atomic E-state index is 12.8. The molecule has 1 N–H and O–H groups in total. The third-order valence-electron chi connectivity index (χ3n) is 5.69. The van der Waals surface area contributed by atoms with Crippen molar-refractivity contribution in [1.82, 2.24) is 10.2 Å². The SMILES string of the molecule is COCCOc1ccc(C(C)NC(=O)C2CC(=O)N(CCc3ccccc3)C2)cc1OC. The van der Waals surface area contributed by atoms with E-state index in [1.54, 1.807) is 19.1 Å². The Hall–Kier alpha value is -3.06. The molecule has 0 aromatic heterocycles. The first-order chi connectivity index (χ1) is 15.5. The van der Waals surface area contributed by atoms with Crippen LogP contribution in [-0.2, 0) is 20.7 Å². The van der Waals surface area contributed by atoms with E-state index in [0.717, 1.165) is 12.0 Å². The van der Waals surface area contributed by atoms with Crippen LogP contribution in [0, 0.1) is 5.92 Å². The minimum absolute atomic E-state index is 0.0352. The number of ether oxygens (including phenoxy) is 3. The molecule has 0 radical (unpaired) electrons. The minimum atomic E-state index is -0.334. The Morgan fingerprint density at radius 3 is 2.62 bits per heavy atom. The molecule has 0 aliphatic carbocycles. The molecule has 172 valence electrons. The van der Waals surface area contributed by atoms with Crippen LogP contribution in [0.25, 0.3) is 0 Å². The van der Waals surface area contributed by atoms with Gasteiger partial charge in [-0.2, -0.15) is 0 Å². The summed E-state index contributed by atoms with van der Waals surface area (Å²) in [5.41, 5.74) is 2.09. The monoisotopic (exact) mass is 440 g/mol. The van der Waals surface area contributed by atoms with E-state index in [0.29, 0.717) is 37.8 Å². The molecule has 2 amide bonds. The summed E-state index contributed by atoms with van der Waals surface area (Å²) in [6, 6.07) is 15.4. The number of nitrogens with one attached hydrogen (secondary N) is 1. The van der Waals surface area contributed by atoms with E-state index in [4.69, 9.17) is 14.2 Å². The summed E-state index contributed by atoms with van der Waals surface area (Å²) < 4.78 is 16.1. The lowest BCUT2D eigenvalue weighted by atomic mass is 10.0. The molecule has 7 heteroatoms. The zero-order chi connectivity index (χ0) is 22.9. The summed E-state index contributed by atoms with van der Waals surface area (Å²) in [6.07, 6.45) is 1.04. The molecular weight excluding hydrogens is 408 g/mol. The molecule has 32 heavy (non-hydrogen) atoms. The standard InChI is InChI=1S/C25H32N2O5/c1-18(20-9-10-22(23(15-20)31-3)32-14-13-30-2)26-25(29)21-16-24(28)27(17-21)12-11-19-7-5-4-6-8-19/h4-10,15,18,21H,11-14,16-17H2,1-3H3,(H,26,29). The van der Waals surface area contributed by atoms with E-state index in [-0.39, 0.29) is 30.2 Å². The summed E-state index contributed by atoms with van der Waals surface area (Å²) in [6.45, 7) is 3.92. The molecule has 3 rings (SSSR count). The molecule has 1 fully saturated rings. The van der Waals surface area contributed by atoms with E-state index in [9.17, 15) is 9.59 Å². The van der Waals surface area contributed by atoms with Crippen molar-refractivity contribution >= 4 is 11.8 Å². The predicted molar refractivity (Wildman–Crippen MR) is 122 cm³/mol. The van der Waals surface area contributed by atoms with Gasteiger partial charge in [0, 0.05) is 26.6 Å². The third-order valence-corrected chi connectivity index (χ3v) is 5.69. The highest BCUT2D eigenvalue weighted by atomic mass is 16.5. The number of hydrogen-bond acceptors (Lipinski definition) is 5. The van der Waals surface area contributed by atoms with Crippen molar-refractivity contribution in [3.8, 4) is 11.5 Å². The molecule has 2 atom stereocenters. The van der Waals surface area contributed by atoms with Gasteiger partial charge >= 0.3 is 0 Å². The molecule has 1 heterocycles. The average molecular weight is 441 g/mol. The highest BCUT2D eigenvalue weighted by Crippen LogP contribution is 2.30. The van der Waals surface area contributed by atoms with Gasteiger partial charge in [0.25, 0.3) is 0 Å². The molecule has 0 bridgehead atoms. The molecule has 2 aromatic rings. The minimum Gasteiger partial charge on any atom is -0.493 e. The van der Waals surface area contributed by atoms with Crippen molar-refractivity contribution in [2.45, 2.75) is 25.8 Å².